The Hall–Kier alpha value is -1.90. The first-order valence-corrected chi connectivity index (χ1v) is 8.08. The zero-order valence-electron chi connectivity index (χ0n) is 12.2. The zero-order chi connectivity index (χ0) is 15.2. The predicted octanol–water partition coefficient (Wildman–Crippen LogP) is 0.689. The van der Waals surface area contributed by atoms with Gasteiger partial charge in [0.15, 0.2) is 0 Å². The lowest BCUT2D eigenvalue weighted by atomic mass is 10.2. The van der Waals surface area contributed by atoms with E-state index in [1.165, 1.54) is 11.3 Å². The van der Waals surface area contributed by atoms with Gasteiger partial charge in [0, 0.05) is 38.9 Å². The summed E-state index contributed by atoms with van der Waals surface area (Å²) >= 11 is 1.33. The minimum atomic E-state index is -0.0325. The SMILES string of the molecule is O=C(CN1CCN(Cc2ccccn2)CC1)Nc1nncs1. The van der Waals surface area contributed by atoms with Crippen LogP contribution in [-0.2, 0) is 11.3 Å². The summed E-state index contributed by atoms with van der Waals surface area (Å²) in [6.45, 7) is 4.93. The van der Waals surface area contributed by atoms with Gasteiger partial charge in [-0.05, 0) is 12.1 Å². The molecule has 1 fully saturated rings. The molecule has 3 heterocycles. The Bertz CT molecular complexity index is 583. The van der Waals surface area contributed by atoms with E-state index in [1.54, 1.807) is 5.51 Å². The maximum atomic E-state index is 11.9. The van der Waals surface area contributed by atoms with Gasteiger partial charge in [-0.1, -0.05) is 17.4 Å². The molecular formula is C14H18N6OS. The van der Waals surface area contributed by atoms with E-state index in [-0.39, 0.29) is 5.91 Å². The Labute approximate surface area is 133 Å². The maximum absolute atomic E-state index is 11.9. The van der Waals surface area contributed by atoms with Crippen LogP contribution in [0.4, 0.5) is 5.13 Å². The number of pyridine rings is 1. The van der Waals surface area contributed by atoms with Gasteiger partial charge in [0.2, 0.25) is 11.0 Å². The molecule has 2 aromatic heterocycles. The van der Waals surface area contributed by atoms with Crippen molar-refractivity contribution in [3.05, 3.63) is 35.6 Å². The van der Waals surface area contributed by atoms with E-state index in [0.717, 1.165) is 38.4 Å². The smallest absolute Gasteiger partial charge is 0.240 e. The lowest BCUT2D eigenvalue weighted by Gasteiger charge is -2.33. The van der Waals surface area contributed by atoms with Gasteiger partial charge in [-0.2, -0.15) is 0 Å². The van der Waals surface area contributed by atoms with Gasteiger partial charge in [-0.15, -0.1) is 10.2 Å². The third-order valence-corrected chi connectivity index (χ3v) is 4.16. The Kier molecular flexibility index (Phi) is 5.04. The minimum Gasteiger partial charge on any atom is -0.299 e. The molecule has 0 saturated carbocycles. The standard InChI is InChI=1S/C14H18N6OS/c21-13(17-14-18-16-11-22-14)10-20-7-5-19(6-8-20)9-12-3-1-2-4-15-12/h1-4,11H,5-10H2,(H,17,18,21). The number of hydrogen-bond donors (Lipinski definition) is 1. The van der Waals surface area contributed by atoms with Crippen molar-refractivity contribution in [1.29, 1.82) is 0 Å². The van der Waals surface area contributed by atoms with Gasteiger partial charge >= 0.3 is 0 Å². The van der Waals surface area contributed by atoms with Gasteiger partial charge in [0.05, 0.1) is 12.2 Å². The fourth-order valence-electron chi connectivity index (χ4n) is 2.42. The number of anilines is 1. The van der Waals surface area contributed by atoms with E-state index in [1.807, 2.05) is 24.4 Å². The normalized spacial score (nSPS) is 16.5. The molecule has 0 bridgehead atoms. The van der Waals surface area contributed by atoms with E-state index in [2.05, 4.69) is 30.3 Å². The first kappa shape index (κ1) is 15.0. The quantitative estimate of drug-likeness (QED) is 0.874. The van der Waals surface area contributed by atoms with Gasteiger partial charge < -0.3 is 0 Å². The molecule has 7 nitrogen and oxygen atoms in total. The van der Waals surface area contributed by atoms with Crippen molar-refractivity contribution in [3.8, 4) is 0 Å². The molecule has 0 spiro atoms. The highest BCUT2D eigenvalue weighted by Crippen LogP contribution is 2.09. The summed E-state index contributed by atoms with van der Waals surface area (Å²) in [5.41, 5.74) is 2.69. The fourth-order valence-corrected chi connectivity index (χ4v) is 2.88. The van der Waals surface area contributed by atoms with Crippen molar-refractivity contribution in [1.82, 2.24) is 25.0 Å². The summed E-state index contributed by atoms with van der Waals surface area (Å²) in [5, 5.41) is 10.8. The Morgan fingerprint density at radius 2 is 2.05 bits per heavy atom. The van der Waals surface area contributed by atoms with Gasteiger partial charge in [0.25, 0.3) is 0 Å². The van der Waals surface area contributed by atoms with Gasteiger partial charge in [-0.25, -0.2) is 0 Å². The summed E-state index contributed by atoms with van der Waals surface area (Å²) in [6.07, 6.45) is 1.82. The fraction of sp³-hybridized carbons (Fsp3) is 0.429. The summed E-state index contributed by atoms with van der Waals surface area (Å²) in [7, 11) is 0. The molecule has 116 valence electrons. The average molecular weight is 318 g/mol. The van der Waals surface area contributed by atoms with Crippen LogP contribution in [0.5, 0.6) is 0 Å². The second-order valence-electron chi connectivity index (χ2n) is 5.17. The number of aromatic nitrogens is 3. The maximum Gasteiger partial charge on any atom is 0.240 e. The van der Waals surface area contributed by atoms with Crippen molar-refractivity contribution < 1.29 is 4.79 Å². The van der Waals surface area contributed by atoms with Crippen LogP contribution in [0.2, 0.25) is 0 Å². The van der Waals surface area contributed by atoms with Crippen molar-refractivity contribution in [3.63, 3.8) is 0 Å². The lowest BCUT2D eigenvalue weighted by molar-refractivity contribution is -0.117. The second-order valence-corrected chi connectivity index (χ2v) is 6.00. The molecular weight excluding hydrogens is 300 g/mol. The minimum absolute atomic E-state index is 0.0325. The first-order valence-electron chi connectivity index (χ1n) is 7.20. The Morgan fingerprint density at radius 3 is 2.73 bits per heavy atom. The molecule has 8 heteroatoms. The van der Waals surface area contributed by atoms with Crippen LogP contribution in [0.3, 0.4) is 0 Å². The molecule has 0 aromatic carbocycles. The van der Waals surface area contributed by atoms with Gasteiger partial charge in [-0.3, -0.25) is 24.9 Å². The van der Waals surface area contributed by atoms with Crippen LogP contribution in [0.15, 0.2) is 29.9 Å². The van der Waals surface area contributed by atoms with Crippen molar-refractivity contribution >= 4 is 22.4 Å². The third-order valence-electron chi connectivity index (χ3n) is 3.55. The molecule has 1 saturated heterocycles. The number of nitrogens with zero attached hydrogens (tertiary/aromatic N) is 5. The van der Waals surface area contributed by atoms with Crippen LogP contribution >= 0.6 is 11.3 Å². The predicted molar refractivity (Wildman–Crippen MR) is 84.5 cm³/mol. The molecule has 1 aliphatic heterocycles. The molecule has 1 N–H and O–H groups in total. The van der Waals surface area contributed by atoms with Crippen LogP contribution in [0, 0.1) is 0 Å². The lowest BCUT2D eigenvalue weighted by Crippen LogP contribution is -2.48. The third kappa shape index (κ3) is 4.30. The van der Waals surface area contributed by atoms with E-state index < -0.39 is 0 Å². The largest absolute Gasteiger partial charge is 0.299 e. The number of carbonyl (C=O) groups excluding carboxylic acids is 1. The highest BCUT2D eigenvalue weighted by molar-refractivity contribution is 7.13. The van der Waals surface area contributed by atoms with Crippen molar-refractivity contribution in [2.24, 2.45) is 0 Å². The topological polar surface area (TPSA) is 74.2 Å². The van der Waals surface area contributed by atoms with E-state index in [9.17, 15) is 4.79 Å². The number of carbonyl (C=O) groups is 1. The molecule has 0 aliphatic carbocycles. The molecule has 1 aliphatic rings. The zero-order valence-corrected chi connectivity index (χ0v) is 13.0. The summed E-state index contributed by atoms with van der Waals surface area (Å²) < 4.78 is 0. The number of amides is 1. The van der Waals surface area contributed by atoms with Crippen molar-refractivity contribution in [2.75, 3.05) is 38.0 Å². The van der Waals surface area contributed by atoms with Crippen LogP contribution in [0.25, 0.3) is 0 Å². The molecule has 22 heavy (non-hydrogen) atoms. The van der Waals surface area contributed by atoms with E-state index in [4.69, 9.17) is 0 Å². The van der Waals surface area contributed by atoms with Crippen molar-refractivity contribution in [2.45, 2.75) is 6.54 Å². The molecule has 1 amide bonds. The first-order chi connectivity index (χ1) is 10.8. The Morgan fingerprint density at radius 1 is 1.23 bits per heavy atom. The Balaban J connectivity index is 1.41. The molecule has 2 aromatic rings. The summed E-state index contributed by atoms with van der Waals surface area (Å²) in [5.74, 6) is -0.0325. The number of rotatable bonds is 5. The average Bonchev–Trinajstić information content (AvgIpc) is 3.03. The van der Waals surface area contributed by atoms with E-state index >= 15 is 0 Å². The molecule has 0 radical (unpaired) electrons. The summed E-state index contributed by atoms with van der Waals surface area (Å²) in [4.78, 5) is 20.8. The monoisotopic (exact) mass is 318 g/mol. The van der Waals surface area contributed by atoms with E-state index in [0.29, 0.717) is 11.7 Å². The van der Waals surface area contributed by atoms with Crippen LogP contribution < -0.4 is 5.32 Å². The molecule has 0 atom stereocenters. The van der Waals surface area contributed by atoms with Crippen LogP contribution in [0.1, 0.15) is 5.69 Å². The highest BCUT2D eigenvalue weighted by atomic mass is 32.1. The number of piperazine rings is 1. The van der Waals surface area contributed by atoms with Gasteiger partial charge in [0.1, 0.15) is 5.51 Å². The number of hydrogen-bond acceptors (Lipinski definition) is 7. The second kappa shape index (κ2) is 7.39. The summed E-state index contributed by atoms with van der Waals surface area (Å²) in [6, 6.07) is 5.98. The highest BCUT2D eigenvalue weighted by Gasteiger charge is 2.19. The van der Waals surface area contributed by atoms with Crippen LogP contribution in [-0.4, -0.2) is 63.6 Å². The molecule has 0 unspecified atom stereocenters. The molecule has 3 rings (SSSR count). The number of nitrogens with one attached hydrogen (secondary N) is 1.